The van der Waals surface area contributed by atoms with Gasteiger partial charge in [-0.15, -0.1) is 11.8 Å². The van der Waals surface area contributed by atoms with Crippen LogP contribution in [0.4, 0.5) is 0 Å². The third-order valence-electron chi connectivity index (χ3n) is 5.49. The van der Waals surface area contributed by atoms with Crippen LogP contribution in [0, 0.1) is 13.8 Å². The maximum Gasteiger partial charge on any atom is 0.263 e. The molecule has 1 amide bonds. The van der Waals surface area contributed by atoms with Crippen LogP contribution in [0.15, 0.2) is 39.4 Å². The van der Waals surface area contributed by atoms with Gasteiger partial charge in [-0.2, -0.15) is 4.98 Å². The van der Waals surface area contributed by atoms with Crippen LogP contribution < -0.4 is 4.74 Å². The molecule has 0 radical (unpaired) electrons. The number of benzene rings is 1. The van der Waals surface area contributed by atoms with Gasteiger partial charge in [-0.1, -0.05) is 28.5 Å². The maximum atomic E-state index is 12.6. The van der Waals surface area contributed by atoms with Crippen molar-refractivity contribution >= 4 is 17.7 Å². The Morgan fingerprint density at radius 1 is 1.09 bits per heavy atom. The molecule has 33 heavy (non-hydrogen) atoms. The van der Waals surface area contributed by atoms with Gasteiger partial charge in [-0.25, -0.2) is 0 Å². The highest BCUT2D eigenvalue weighted by molar-refractivity contribution is 7.99. The number of hydrogen-bond acceptors (Lipinski definition) is 9. The SMILES string of the molecule is Cc1noc(C)c1-c1nc(CN2CCCN(C(=O)CSCCOc3ccccc3)CC2)no1. The fourth-order valence-electron chi connectivity index (χ4n) is 3.77. The van der Waals surface area contributed by atoms with E-state index in [0.717, 1.165) is 48.8 Å². The Bertz CT molecular complexity index is 1020. The quantitative estimate of drug-likeness (QED) is 0.436. The Kier molecular flexibility index (Phi) is 8.01. The predicted molar refractivity (Wildman–Crippen MR) is 125 cm³/mol. The highest BCUT2D eigenvalue weighted by Gasteiger charge is 2.22. The van der Waals surface area contributed by atoms with Crippen LogP contribution in [-0.4, -0.2) is 75.3 Å². The van der Waals surface area contributed by atoms with E-state index in [1.54, 1.807) is 11.8 Å². The van der Waals surface area contributed by atoms with Crippen molar-refractivity contribution in [3.05, 3.63) is 47.6 Å². The zero-order chi connectivity index (χ0) is 23.0. The topological polar surface area (TPSA) is 97.7 Å². The first-order valence-corrected chi connectivity index (χ1v) is 12.3. The minimum absolute atomic E-state index is 0.182. The average Bonchev–Trinajstić information content (AvgIpc) is 3.32. The number of para-hydroxylation sites is 1. The lowest BCUT2D eigenvalue weighted by Gasteiger charge is -2.21. The third-order valence-corrected chi connectivity index (χ3v) is 6.39. The number of amides is 1. The molecular formula is C23H29N5O4S. The van der Waals surface area contributed by atoms with Gasteiger partial charge in [0.05, 0.1) is 24.6 Å². The molecule has 0 N–H and O–H groups in total. The summed E-state index contributed by atoms with van der Waals surface area (Å²) in [6.07, 6.45) is 0.919. The van der Waals surface area contributed by atoms with Gasteiger partial charge < -0.3 is 18.7 Å². The first-order valence-electron chi connectivity index (χ1n) is 11.1. The number of nitrogens with zero attached hydrogens (tertiary/aromatic N) is 5. The van der Waals surface area contributed by atoms with Crippen molar-refractivity contribution in [3.63, 3.8) is 0 Å². The molecule has 10 heteroatoms. The molecule has 1 aromatic carbocycles. The third kappa shape index (κ3) is 6.35. The lowest BCUT2D eigenvalue weighted by atomic mass is 10.2. The fourth-order valence-corrected chi connectivity index (χ4v) is 4.48. The Balaban J connectivity index is 1.19. The van der Waals surface area contributed by atoms with Crippen molar-refractivity contribution in [2.75, 3.05) is 44.3 Å². The molecule has 0 atom stereocenters. The monoisotopic (exact) mass is 471 g/mol. The number of aryl methyl sites for hydroxylation is 2. The van der Waals surface area contributed by atoms with Gasteiger partial charge >= 0.3 is 0 Å². The van der Waals surface area contributed by atoms with E-state index < -0.39 is 0 Å². The molecule has 1 aliphatic heterocycles. The van der Waals surface area contributed by atoms with Crippen molar-refractivity contribution < 1.29 is 18.6 Å². The Hall–Kier alpha value is -2.85. The van der Waals surface area contributed by atoms with Gasteiger partial charge in [0.2, 0.25) is 5.91 Å². The number of ether oxygens (including phenoxy) is 1. The summed E-state index contributed by atoms with van der Waals surface area (Å²) in [7, 11) is 0. The van der Waals surface area contributed by atoms with Crippen molar-refractivity contribution in [1.82, 2.24) is 25.1 Å². The number of thioether (sulfide) groups is 1. The molecule has 4 rings (SSSR count). The minimum atomic E-state index is 0.182. The molecule has 1 saturated heterocycles. The summed E-state index contributed by atoms with van der Waals surface area (Å²) in [5, 5.41) is 8.06. The van der Waals surface area contributed by atoms with E-state index in [1.807, 2.05) is 49.1 Å². The van der Waals surface area contributed by atoms with E-state index >= 15 is 0 Å². The molecule has 0 unspecified atom stereocenters. The standard InChI is InChI=1S/C23H29N5O4S/c1-17-22(18(2)31-25-17)23-24-20(26-32-23)15-27-9-6-10-28(12-11-27)21(29)16-33-14-13-30-19-7-4-3-5-8-19/h3-5,7-8H,6,9-16H2,1-2H3. The molecule has 0 spiro atoms. The average molecular weight is 472 g/mol. The summed E-state index contributed by atoms with van der Waals surface area (Å²) in [6.45, 7) is 8.00. The van der Waals surface area contributed by atoms with Gasteiger partial charge in [0.25, 0.3) is 5.89 Å². The first-order chi connectivity index (χ1) is 16.1. The second-order valence-corrected chi connectivity index (χ2v) is 9.04. The van der Waals surface area contributed by atoms with Crippen LogP contribution in [0.2, 0.25) is 0 Å². The van der Waals surface area contributed by atoms with Crippen molar-refractivity contribution in [2.24, 2.45) is 0 Å². The summed E-state index contributed by atoms with van der Waals surface area (Å²) < 4.78 is 16.3. The molecule has 3 heterocycles. The Morgan fingerprint density at radius 2 is 1.94 bits per heavy atom. The van der Waals surface area contributed by atoms with Crippen LogP contribution in [0.1, 0.15) is 23.7 Å². The van der Waals surface area contributed by atoms with Crippen LogP contribution in [0.25, 0.3) is 11.5 Å². The van der Waals surface area contributed by atoms with Gasteiger partial charge in [-0.3, -0.25) is 9.69 Å². The number of carbonyl (C=O) groups excluding carboxylic acids is 1. The molecular weight excluding hydrogens is 442 g/mol. The van der Waals surface area contributed by atoms with Crippen LogP contribution in [0.3, 0.4) is 0 Å². The number of aromatic nitrogens is 3. The zero-order valence-electron chi connectivity index (χ0n) is 19.0. The Labute approximate surface area is 197 Å². The minimum Gasteiger partial charge on any atom is -0.493 e. The molecule has 1 aliphatic rings. The van der Waals surface area contributed by atoms with E-state index in [4.69, 9.17) is 13.8 Å². The number of rotatable bonds is 9. The smallest absolute Gasteiger partial charge is 0.263 e. The van der Waals surface area contributed by atoms with Gasteiger partial charge in [0, 0.05) is 31.9 Å². The summed E-state index contributed by atoms with van der Waals surface area (Å²) in [5.74, 6) is 4.02. The zero-order valence-corrected chi connectivity index (χ0v) is 19.8. The molecule has 0 saturated carbocycles. The van der Waals surface area contributed by atoms with Crippen molar-refractivity contribution in [1.29, 1.82) is 0 Å². The normalized spacial score (nSPS) is 14.9. The second kappa shape index (κ2) is 11.3. The highest BCUT2D eigenvalue weighted by Crippen LogP contribution is 2.25. The highest BCUT2D eigenvalue weighted by atomic mass is 32.2. The van der Waals surface area contributed by atoms with Gasteiger partial charge in [0.1, 0.15) is 17.1 Å². The lowest BCUT2D eigenvalue weighted by molar-refractivity contribution is -0.128. The molecule has 1 fully saturated rings. The van der Waals surface area contributed by atoms with Crippen molar-refractivity contribution in [2.45, 2.75) is 26.8 Å². The molecule has 3 aromatic rings. The van der Waals surface area contributed by atoms with Crippen molar-refractivity contribution in [3.8, 4) is 17.2 Å². The maximum absolute atomic E-state index is 12.6. The number of carbonyl (C=O) groups is 1. The van der Waals surface area contributed by atoms with Crippen LogP contribution in [0.5, 0.6) is 5.75 Å². The van der Waals surface area contributed by atoms with E-state index in [1.165, 1.54) is 0 Å². The van der Waals surface area contributed by atoms with Crippen LogP contribution in [-0.2, 0) is 11.3 Å². The van der Waals surface area contributed by atoms with Crippen LogP contribution >= 0.6 is 11.8 Å². The predicted octanol–water partition coefficient (Wildman–Crippen LogP) is 3.19. The molecule has 0 bridgehead atoms. The van der Waals surface area contributed by atoms with Gasteiger partial charge in [0.15, 0.2) is 5.82 Å². The summed E-state index contributed by atoms with van der Waals surface area (Å²) in [6, 6.07) is 9.73. The molecule has 9 nitrogen and oxygen atoms in total. The largest absolute Gasteiger partial charge is 0.493 e. The molecule has 176 valence electrons. The molecule has 2 aromatic heterocycles. The summed E-state index contributed by atoms with van der Waals surface area (Å²) in [5.41, 5.74) is 1.49. The van der Waals surface area contributed by atoms with E-state index in [-0.39, 0.29) is 5.91 Å². The molecule has 0 aliphatic carbocycles. The van der Waals surface area contributed by atoms with E-state index in [2.05, 4.69) is 20.2 Å². The van der Waals surface area contributed by atoms with Gasteiger partial charge in [-0.05, 0) is 32.4 Å². The lowest BCUT2D eigenvalue weighted by Crippen LogP contribution is -2.36. The first kappa shape index (κ1) is 23.3. The number of hydrogen-bond donors (Lipinski definition) is 0. The van der Waals surface area contributed by atoms with E-state index in [0.29, 0.717) is 42.9 Å². The summed E-state index contributed by atoms with van der Waals surface area (Å²) >= 11 is 1.61. The Morgan fingerprint density at radius 3 is 2.73 bits per heavy atom. The summed E-state index contributed by atoms with van der Waals surface area (Å²) in [4.78, 5) is 21.4. The fraction of sp³-hybridized carbons (Fsp3) is 0.478. The second-order valence-electron chi connectivity index (χ2n) is 7.94. The van der Waals surface area contributed by atoms with E-state index in [9.17, 15) is 4.79 Å².